The van der Waals surface area contributed by atoms with E-state index in [1.54, 1.807) is 6.26 Å². The zero-order valence-corrected chi connectivity index (χ0v) is 12.7. The van der Waals surface area contributed by atoms with E-state index < -0.39 is 10.8 Å². The lowest BCUT2D eigenvalue weighted by Crippen LogP contribution is -2.00. The zero-order chi connectivity index (χ0) is 13.8. The lowest BCUT2D eigenvalue weighted by Gasteiger charge is -2.07. The van der Waals surface area contributed by atoms with Crippen LogP contribution < -0.4 is 0 Å². The van der Waals surface area contributed by atoms with Crippen LogP contribution in [0.2, 0.25) is 0 Å². The van der Waals surface area contributed by atoms with Crippen molar-refractivity contribution >= 4 is 21.8 Å². The Kier molecular flexibility index (Phi) is 4.69. The van der Waals surface area contributed by atoms with Gasteiger partial charge in [0, 0.05) is 35.0 Å². The van der Waals surface area contributed by atoms with Crippen LogP contribution in [0.4, 0.5) is 0 Å². The molecule has 0 aliphatic heterocycles. The highest BCUT2D eigenvalue weighted by Gasteiger charge is 2.08. The largest absolute Gasteiger partial charge is 0.330 e. The molecule has 0 aliphatic rings. The first-order valence-electron chi connectivity index (χ1n) is 6.66. The van der Waals surface area contributed by atoms with Crippen LogP contribution in [0.3, 0.4) is 0 Å². The second-order valence-corrected chi connectivity index (χ2v) is 6.53. The van der Waals surface area contributed by atoms with Crippen molar-refractivity contribution < 1.29 is 4.21 Å². The molecule has 0 spiro atoms. The van der Waals surface area contributed by atoms with Crippen LogP contribution in [-0.4, -0.2) is 30.8 Å². The van der Waals surface area contributed by atoms with E-state index in [0.29, 0.717) is 0 Å². The van der Waals surface area contributed by atoms with Crippen molar-refractivity contribution in [2.75, 3.05) is 12.0 Å². The van der Waals surface area contributed by atoms with E-state index >= 15 is 0 Å². The number of hydrogen-bond acceptors (Lipinski definition) is 3. The Bertz CT molecular complexity index is 592. The molecule has 4 nitrogen and oxygen atoms in total. The summed E-state index contributed by atoms with van der Waals surface area (Å²) in [6.45, 7) is 5.10. The highest BCUT2D eigenvalue weighted by Crippen LogP contribution is 2.19. The summed E-state index contributed by atoms with van der Waals surface area (Å²) in [5, 5.41) is 0. The standard InChI is InChI=1S/C14H21N3OS/c1-11-12(2)15-9-13-14(11)17(10-16-13)7-5-4-6-8-19(3)18/h9-10H,4-8H2,1-3H3. The number of fused-ring (bicyclic) bond motifs is 1. The molecular weight excluding hydrogens is 258 g/mol. The average Bonchev–Trinajstić information content (AvgIpc) is 2.77. The molecule has 2 rings (SSSR count). The Morgan fingerprint density at radius 1 is 1.21 bits per heavy atom. The number of imidazole rings is 1. The highest BCUT2D eigenvalue weighted by molar-refractivity contribution is 7.84. The monoisotopic (exact) mass is 279 g/mol. The Morgan fingerprint density at radius 2 is 2.00 bits per heavy atom. The maximum absolute atomic E-state index is 11.0. The van der Waals surface area contributed by atoms with E-state index in [1.165, 1.54) is 11.1 Å². The molecular formula is C14H21N3OS. The van der Waals surface area contributed by atoms with Gasteiger partial charge in [-0.15, -0.1) is 0 Å². The number of unbranched alkanes of at least 4 members (excludes halogenated alkanes) is 2. The van der Waals surface area contributed by atoms with Gasteiger partial charge in [-0.2, -0.15) is 0 Å². The van der Waals surface area contributed by atoms with Crippen molar-refractivity contribution in [3.63, 3.8) is 0 Å². The van der Waals surface area contributed by atoms with Crippen LogP contribution in [0.25, 0.3) is 11.0 Å². The molecule has 0 aromatic carbocycles. The molecule has 0 bridgehead atoms. The smallest absolute Gasteiger partial charge is 0.107 e. The Morgan fingerprint density at radius 3 is 2.74 bits per heavy atom. The summed E-state index contributed by atoms with van der Waals surface area (Å²) >= 11 is 0. The van der Waals surface area contributed by atoms with Gasteiger partial charge in [-0.3, -0.25) is 9.19 Å². The minimum absolute atomic E-state index is 0.662. The molecule has 0 fully saturated rings. The van der Waals surface area contributed by atoms with Crippen LogP contribution in [0.1, 0.15) is 30.5 Å². The number of aromatic nitrogens is 3. The van der Waals surface area contributed by atoms with Crippen molar-refractivity contribution in [3.05, 3.63) is 23.8 Å². The van der Waals surface area contributed by atoms with Crippen molar-refractivity contribution in [1.29, 1.82) is 0 Å². The number of rotatable bonds is 6. The second-order valence-electron chi connectivity index (χ2n) is 4.98. The van der Waals surface area contributed by atoms with E-state index in [0.717, 1.165) is 42.8 Å². The molecule has 0 N–H and O–H groups in total. The highest BCUT2D eigenvalue weighted by atomic mass is 32.2. The summed E-state index contributed by atoms with van der Waals surface area (Å²) < 4.78 is 13.2. The lowest BCUT2D eigenvalue weighted by atomic mass is 10.2. The van der Waals surface area contributed by atoms with Gasteiger partial charge < -0.3 is 4.57 Å². The summed E-state index contributed by atoms with van der Waals surface area (Å²) in [6, 6.07) is 0. The van der Waals surface area contributed by atoms with E-state index in [4.69, 9.17) is 0 Å². The fourth-order valence-corrected chi connectivity index (χ4v) is 2.87. The Balaban J connectivity index is 2.01. The first-order valence-corrected chi connectivity index (χ1v) is 8.39. The third-order valence-corrected chi connectivity index (χ3v) is 4.34. The van der Waals surface area contributed by atoms with Crippen molar-refractivity contribution in [2.45, 2.75) is 39.7 Å². The van der Waals surface area contributed by atoms with Crippen molar-refractivity contribution in [3.8, 4) is 0 Å². The van der Waals surface area contributed by atoms with Gasteiger partial charge in [-0.25, -0.2) is 4.98 Å². The summed E-state index contributed by atoms with van der Waals surface area (Å²) in [5.41, 5.74) is 4.45. The predicted molar refractivity (Wildman–Crippen MR) is 79.8 cm³/mol. The van der Waals surface area contributed by atoms with E-state index in [1.807, 2.05) is 19.4 Å². The van der Waals surface area contributed by atoms with Gasteiger partial charge in [0.1, 0.15) is 5.52 Å². The summed E-state index contributed by atoms with van der Waals surface area (Å²) in [6.07, 6.45) is 8.76. The van der Waals surface area contributed by atoms with E-state index in [9.17, 15) is 4.21 Å². The van der Waals surface area contributed by atoms with Crippen LogP contribution >= 0.6 is 0 Å². The first-order chi connectivity index (χ1) is 9.09. The summed E-state index contributed by atoms with van der Waals surface area (Å²) in [4.78, 5) is 8.74. The first kappa shape index (κ1) is 14.2. The molecule has 0 saturated heterocycles. The fraction of sp³-hybridized carbons (Fsp3) is 0.571. The lowest BCUT2D eigenvalue weighted by molar-refractivity contribution is 0.611. The topological polar surface area (TPSA) is 47.8 Å². The molecule has 2 heterocycles. The van der Waals surface area contributed by atoms with Gasteiger partial charge in [0.25, 0.3) is 0 Å². The third kappa shape index (κ3) is 3.41. The molecule has 2 aromatic heterocycles. The van der Waals surface area contributed by atoms with Crippen LogP contribution in [-0.2, 0) is 17.3 Å². The van der Waals surface area contributed by atoms with Crippen molar-refractivity contribution in [1.82, 2.24) is 14.5 Å². The molecule has 5 heteroatoms. The molecule has 0 saturated carbocycles. The quantitative estimate of drug-likeness (QED) is 0.764. The van der Waals surface area contributed by atoms with Crippen LogP contribution in [0.15, 0.2) is 12.5 Å². The number of nitrogens with zero attached hydrogens (tertiary/aromatic N) is 3. The molecule has 0 amide bonds. The van der Waals surface area contributed by atoms with Crippen LogP contribution in [0.5, 0.6) is 0 Å². The maximum atomic E-state index is 11.0. The van der Waals surface area contributed by atoms with E-state index in [-0.39, 0.29) is 0 Å². The third-order valence-electron chi connectivity index (χ3n) is 3.48. The zero-order valence-electron chi connectivity index (χ0n) is 11.8. The molecule has 0 aliphatic carbocycles. The molecule has 19 heavy (non-hydrogen) atoms. The Hall–Kier alpha value is -1.23. The van der Waals surface area contributed by atoms with E-state index in [2.05, 4.69) is 21.5 Å². The minimum Gasteiger partial charge on any atom is -0.330 e. The SMILES string of the molecule is Cc1ncc2ncn(CCCCCS(C)=O)c2c1C. The number of pyridine rings is 1. The van der Waals surface area contributed by atoms with Gasteiger partial charge in [-0.05, 0) is 32.3 Å². The summed E-state index contributed by atoms with van der Waals surface area (Å²) in [5.74, 6) is 0.812. The molecule has 104 valence electrons. The summed E-state index contributed by atoms with van der Waals surface area (Å²) in [7, 11) is -0.662. The van der Waals surface area contributed by atoms with Gasteiger partial charge in [-0.1, -0.05) is 6.42 Å². The number of hydrogen-bond donors (Lipinski definition) is 0. The van der Waals surface area contributed by atoms with Crippen LogP contribution in [0, 0.1) is 13.8 Å². The van der Waals surface area contributed by atoms with Gasteiger partial charge >= 0.3 is 0 Å². The van der Waals surface area contributed by atoms with Gasteiger partial charge in [0.2, 0.25) is 0 Å². The molecule has 0 radical (unpaired) electrons. The van der Waals surface area contributed by atoms with Gasteiger partial charge in [0.05, 0.1) is 18.0 Å². The average molecular weight is 279 g/mol. The second kappa shape index (κ2) is 6.28. The minimum atomic E-state index is -0.662. The maximum Gasteiger partial charge on any atom is 0.107 e. The predicted octanol–water partition coefficient (Wildman–Crippen LogP) is 2.60. The molecule has 2 aromatic rings. The number of aryl methyl sites for hydroxylation is 3. The van der Waals surface area contributed by atoms with Gasteiger partial charge in [0.15, 0.2) is 0 Å². The fourth-order valence-electron chi connectivity index (χ4n) is 2.26. The molecule has 1 atom stereocenters. The normalized spacial score (nSPS) is 13.0. The molecule has 1 unspecified atom stereocenters. The van der Waals surface area contributed by atoms with Crippen molar-refractivity contribution in [2.24, 2.45) is 0 Å². The Labute approximate surface area is 116 Å².